The summed E-state index contributed by atoms with van der Waals surface area (Å²) in [5, 5.41) is 0. The minimum atomic E-state index is -5.23. The van der Waals surface area contributed by atoms with E-state index in [0.29, 0.717) is 44.4 Å². The number of halogens is 7. The lowest BCUT2D eigenvalue weighted by atomic mass is 9.80. The number of hydrogen-bond acceptors (Lipinski definition) is 12. The van der Waals surface area contributed by atoms with Crippen LogP contribution in [0.1, 0.15) is 77.2 Å². The molecule has 0 unspecified atom stereocenters. The normalized spacial score (nSPS) is 30.1. The minimum Gasteiger partial charge on any atom is -0.461 e. The number of esters is 1. The van der Waals surface area contributed by atoms with Crippen molar-refractivity contribution in [3.8, 4) is 0 Å². The topological polar surface area (TPSA) is 142 Å². The van der Waals surface area contributed by atoms with E-state index >= 15 is 0 Å². The zero-order valence-corrected chi connectivity index (χ0v) is 33.4. The Morgan fingerprint density at radius 2 is 1.69 bits per heavy atom. The number of alkyl halides is 6. The van der Waals surface area contributed by atoms with Crippen molar-refractivity contribution in [1.82, 2.24) is 4.98 Å². The minimum absolute atomic E-state index is 0.131. The Morgan fingerprint density at radius 1 is 1.02 bits per heavy atom. The Hall–Kier alpha value is -2.13. The lowest BCUT2D eigenvalue weighted by Crippen LogP contribution is -2.51. The lowest BCUT2D eigenvalue weighted by Gasteiger charge is -2.44. The number of hydrogen-bond donors (Lipinski definition) is 0. The van der Waals surface area contributed by atoms with Crippen molar-refractivity contribution in [2.45, 2.75) is 115 Å². The van der Waals surface area contributed by atoms with Gasteiger partial charge in [0.05, 0.1) is 37.1 Å². The first-order valence-electron chi connectivity index (χ1n) is 17.6. The Bertz CT molecular complexity index is 1550. The van der Waals surface area contributed by atoms with Gasteiger partial charge in [0.25, 0.3) is 0 Å². The van der Waals surface area contributed by atoms with Crippen molar-refractivity contribution in [2.24, 2.45) is 11.8 Å². The number of aromatic nitrogens is 1. The molecule has 0 amide bonds. The molecular formula is C35H45F6INO11P. The first-order chi connectivity index (χ1) is 25.8. The smallest absolute Gasteiger partial charge is 0.412 e. The number of carbonyl (C=O) groups excluding carboxylic acids is 2. The summed E-state index contributed by atoms with van der Waals surface area (Å²) in [5.41, 5.74) is 2.22. The van der Waals surface area contributed by atoms with Crippen molar-refractivity contribution in [2.75, 3.05) is 26.0 Å². The van der Waals surface area contributed by atoms with E-state index in [1.165, 1.54) is 6.26 Å². The van der Waals surface area contributed by atoms with Gasteiger partial charge in [0.2, 0.25) is 12.2 Å². The second-order valence-electron chi connectivity index (χ2n) is 13.8. The quantitative estimate of drug-likeness (QED) is 0.0392. The molecule has 0 aromatic carbocycles. The van der Waals surface area contributed by atoms with Crippen LogP contribution in [0.4, 0.5) is 26.3 Å². The van der Waals surface area contributed by atoms with Gasteiger partial charge in [0, 0.05) is 24.7 Å². The molecule has 3 fully saturated rings. The van der Waals surface area contributed by atoms with Gasteiger partial charge in [-0.3, -0.25) is 18.4 Å². The summed E-state index contributed by atoms with van der Waals surface area (Å²) < 4.78 is 135. The van der Waals surface area contributed by atoms with Crippen LogP contribution in [-0.2, 0) is 46.9 Å². The van der Waals surface area contributed by atoms with Gasteiger partial charge in [-0.1, -0.05) is 54.7 Å². The molecule has 310 valence electrons. The van der Waals surface area contributed by atoms with Crippen LogP contribution < -0.4 is 0 Å². The highest BCUT2D eigenvalue weighted by atomic mass is 127. The number of carbonyl (C=O) groups is 2. The predicted octanol–water partition coefficient (Wildman–Crippen LogP) is 8.61. The molecule has 0 bridgehead atoms. The molecule has 20 heteroatoms. The SMILES string of the molecule is C=C1C[C@H](C[C@@H]2CCO[C@H](c3coc(/C=C/C[C@H]4O[C@@H](/C(C)=C/I)[C@H](C)[C@@H](OC(=O)CP(=O)(OCC(F)(F)F)OCC(F)(F)F)[C@H]4C)n3)O2)O[C@@H](CC=O)C1. The summed E-state index contributed by atoms with van der Waals surface area (Å²) in [4.78, 5) is 28.5. The highest BCUT2D eigenvalue weighted by Crippen LogP contribution is 2.50. The fourth-order valence-corrected chi connectivity index (χ4v) is 8.35. The van der Waals surface area contributed by atoms with E-state index in [0.717, 1.165) is 17.4 Å². The summed E-state index contributed by atoms with van der Waals surface area (Å²) in [6.45, 7) is 5.33. The van der Waals surface area contributed by atoms with Crippen LogP contribution in [-0.4, -0.2) is 92.2 Å². The highest BCUT2D eigenvalue weighted by molar-refractivity contribution is 14.1. The first-order valence-corrected chi connectivity index (χ1v) is 20.5. The molecule has 3 aliphatic rings. The summed E-state index contributed by atoms with van der Waals surface area (Å²) in [6.07, 6.45) is -6.28. The van der Waals surface area contributed by atoms with E-state index in [4.69, 9.17) is 28.1 Å². The van der Waals surface area contributed by atoms with Gasteiger partial charge < -0.3 is 32.9 Å². The van der Waals surface area contributed by atoms with E-state index in [2.05, 4.69) is 20.6 Å². The van der Waals surface area contributed by atoms with Crippen LogP contribution in [0.25, 0.3) is 6.08 Å². The van der Waals surface area contributed by atoms with Gasteiger partial charge in [-0.15, -0.1) is 0 Å². The summed E-state index contributed by atoms with van der Waals surface area (Å²) in [7, 11) is -5.23. The van der Waals surface area contributed by atoms with Crippen LogP contribution in [0, 0.1) is 11.8 Å². The second-order valence-corrected chi connectivity index (χ2v) is 16.5. The Kier molecular flexibility index (Phi) is 16.6. The highest BCUT2D eigenvalue weighted by Gasteiger charge is 2.46. The largest absolute Gasteiger partial charge is 0.461 e. The third-order valence-corrected chi connectivity index (χ3v) is 11.9. The van der Waals surface area contributed by atoms with Crippen LogP contribution in [0.5, 0.6) is 0 Å². The van der Waals surface area contributed by atoms with Crippen LogP contribution in [0.2, 0.25) is 0 Å². The number of ether oxygens (including phenoxy) is 5. The average Bonchev–Trinajstić information content (AvgIpc) is 3.57. The maximum absolute atomic E-state index is 13.0. The molecule has 0 saturated carbocycles. The van der Waals surface area contributed by atoms with Crippen LogP contribution in [0.3, 0.4) is 0 Å². The van der Waals surface area contributed by atoms with E-state index in [-0.39, 0.29) is 30.6 Å². The predicted molar refractivity (Wildman–Crippen MR) is 192 cm³/mol. The van der Waals surface area contributed by atoms with Crippen molar-refractivity contribution >= 4 is 48.5 Å². The van der Waals surface area contributed by atoms with Gasteiger partial charge in [-0.05, 0) is 48.3 Å². The van der Waals surface area contributed by atoms with Gasteiger partial charge >= 0.3 is 25.9 Å². The molecule has 0 radical (unpaired) electrons. The maximum Gasteiger partial charge on any atom is 0.412 e. The molecule has 12 nitrogen and oxygen atoms in total. The monoisotopic (exact) mass is 927 g/mol. The summed E-state index contributed by atoms with van der Waals surface area (Å²) in [6, 6.07) is 0. The van der Waals surface area contributed by atoms with Gasteiger partial charge in [0.1, 0.15) is 30.5 Å². The number of rotatable bonds is 16. The van der Waals surface area contributed by atoms with E-state index in [1.807, 2.05) is 22.6 Å². The van der Waals surface area contributed by atoms with Crippen molar-refractivity contribution < 1.29 is 77.6 Å². The molecule has 1 aromatic rings. The fourth-order valence-electron chi connectivity index (χ4n) is 6.67. The van der Waals surface area contributed by atoms with E-state index in [9.17, 15) is 40.5 Å². The molecule has 0 aliphatic carbocycles. The Balaban J connectivity index is 1.39. The molecule has 4 heterocycles. The zero-order chi connectivity index (χ0) is 40.6. The summed E-state index contributed by atoms with van der Waals surface area (Å²) >= 11 is 2.02. The van der Waals surface area contributed by atoms with Crippen molar-refractivity contribution in [3.05, 3.63) is 45.7 Å². The Labute approximate surface area is 328 Å². The molecule has 9 atom stereocenters. The molecule has 0 spiro atoms. The third-order valence-electron chi connectivity index (χ3n) is 9.22. The number of aldehydes is 1. The Morgan fingerprint density at radius 3 is 2.33 bits per heavy atom. The fraction of sp³-hybridized carbons (Fsp3) is 0.686. The van der Waals surface area contributed by atoms with Gasteiger partial charge in [0.15, 0.2) is 13.2 Å². The molecule has 55 heavy (non-hydrogen) atoms. The molecule has 3 aliphatic heterocycles. The molecule has 1 aromatic heterocycles. The summed E-state index contributed by atoms with van der Waals surface area (Å²) in [5.74, 6) is -2.19. The van der Waals surface area contributed by atoms with Gasteiger partial charge in [-0.2, -0.15) is 26.3 Å². The first kappa shape index (κ1) is 45.6. The van der Waals surface area contributed by atoms with Crippen molar-refractivity contribution in [1.29, 1.82) is 0 Å². The number of nitrogens with zero attached hydrogens (tertiary/aromatic N) is 1. The van der Waals surface area contributed by atoms with Crippen LogP contribution >= 0.6 is 30.2 Å². The van der Waals surface area contributed by atoms with Crippen molar-refractivity contribution in [3.63, 3.8) is 0 Å². The van der Waals surface area contributed by atoms with E-state index < -0.39 is 81.7 Å². The molecular weight excluding hydrogens is 882 g/mol. The maximum atomic E-state index is 13.0. The average molecular weight is 928 g/mol. The zero-order valence-electron chi connectivity index (χ0n) is 30.4. The standard InChI is InChI=1S/C35H45F6INO11P/c1-20-12-24(8-10-44)51-26(13-20)14-25-9-11-47-33(52-25)27-16-48-29(43-27)7-5-6-28-22(3)32(23(4)31(53-28)21(2)15-42)54-30(45)17-55(46,49-18-34(36,37)38)50-19-35(39,40)41/h5,7,10,15-16,22-26,28,31-33H,1,6,8-9,11-14,17-19H2,2-4H3/b7-5+,21-15+/t22-,23-,24-,25-,26+,28+,31-,32-,33-/m0/s1. The van der Waals surface area contributed by atoms with Crippen LogP contribution in [0.15, 0.2) is 38.6 Å². The molecule has 3 saturated heterocycles. The molecule has 0 N–H and O–H groups in total. The number of oxazole rings is 1. The lowest BCUT2D eigenvalue weighted by molar-refractivity contribution is -0.227. The van der Waals surface area contributed by atoms with E-state index in [1.54, 1.807) is 37.0 Å². The molecule has 4 rings (SSSR count). The van der Waals surface area contributed by atoms with Gasteiger partial charge in [-0.25, -0.2) is 4.98 Å². The third kappa shape index (κ3) is 14.3. The second kappa shape index (κ2) is 20.0.